The van der Waals surface area contributed by atoms with Gasteiger partial charge in [0.2, 0.25) is 5.91 Å². The number of carbonyl (C=O) groups is 2. The maximum atomic E-state index is 12.7. The van der Waals surface area contributed by atoms with Gasteiger partial charge >= 0.3 is 0 Å². The zero-order valence-electron chi connectivity index (χ0n) is 16.9. The van der Waals surface area contributed by atoms with Crippen LogP contribution in [0.25, 0.3) is 0 Å². The van der Waals surface area contributed by atoms with Crippen molar-refractivity contribution in [2.24, 2.45) is 0 Å². The summed E-state index contributed by atoms with van der Waals surface area (Å²) in [6, 6.07) is 13.0. The number of carbonyl (C=O) groups excluding carboxylic acids is 2. The fourth-order valence-electron chi connectivity index (χ4n) is 2.68. The summed E-state index contributed by atoms with van der Waals surface area (Å²) in [5, 5.41) is 2.80. The minimum Gasteiger partial charge on any atom is -0.332 e. The molecule has 2 amide bonds. The van der Waals surface area contributed by atoms with Crippen LogP contribution in [-0.2, 0) is 26.1 Å². The van der Waals surface area contributed by atoms with Crippen LogP contribution in [0.2, 0.25) is 0 Å². The van der Waals surface area contributed by atoms with Gasteiger partial charge in [-0.05, 0) is 36.2 Å². The van der Waals surface area contributed by atoms with Crippen molar-refractivity contribution in [1.29, 1.82) is 0 Å². The third kappa shape index (κ3) is 5.41. The normalized spacial score (nSPS) is 11.3. The number of anilines is 1. The number of amides is 2. The number of nitrogens with one attached hydrogen (secondary N) is 1. The van der Waals surface area contributed by atoms with Crippen LogP contribution in [0.4, 0.5) is 5.69 Å². The quantitative estimate of drug-likeness (QED) is 0.662. The van der Waals surface area contributed by atoms with Gasteiger partial charge in [0.1, 0.15) is 0 Å². The average Bonchev–Trinajstić information content (AvgIpc) is 2.72. The number of aryl methyl sites for hydroxylation is 1. The molecule has 0 aromatic heterocycles. The third-order valence-electron chi connectivity index (χ3n) is 4.37. The molecule has 9 heteroatoms. The Balaban J connectivity index is 2.12. The highest BCUT2D eigenvalue weighted by atomic mass is 32.2. The SMILES string of the molecule is CCc1ccccc1NC(=O)CN(C)C(=O)c1cccc(S(=O)(=O)N(C)OC)c1. The molecule has 1 N–H and O–H groups in total. The molecule has 0 atom stereocenters. The van der Waals surface area contributed by atoms with Crippen molar-refractivity contribution in [3.05, 3.63) is 59.7 Å². The smallest absolute Gasteiger partial charge is 0.264 e. The maximum Gasteiger partial charge on any atom is 0.264 e. The molecule has 29 heavy (non-hydrogen) atoms. The number of likely N-dealkylation sites (N-methyl/N-ethyl adjacent to an activating group) is 1. The van der Waals surface area contributed by atoms with Gasteiger partial charge in [0.25, 0.3) is 15.9 Å². The lowest BCUT2D eigenvalue weighted by molar-refractivity contribution is -0.116. The number of benzene rings is 2. The van der Waals surface area contributed by atoms with Gasteiger partial charge in [-0.1, -0.05) is 35.7 Å². The Bertz CT molecular complexity index is 991. The van der Waals surface area contributed by atoms with Crippen molar-refractivity contribution in [2.75, 3.05) is 33.1 Å². The number of nitrogens with zero attached hydrogens (tertiary/aromatic N) is 2. The highest BCUT2D eigenvalue weighted by Gasteiger charge is 2.23. The monoisotopic (exact) mass is 419 g/mol. The van der Waals surface area contributed by atoms with Gasteiger partial charge in [-0.15, -0.1) is 0 Å². The van der Waals surface area contributed by atoms with Crippen molar-refractivity contribution < 1.29 is 22.8 Å². The van der Waals surface area contributed by atoms with Gasteiger partial charge in [-0.2, -0.15) is 0 Å². The van der Waals surface area contributed by atoms with E-state index in [-0.39, 0.29) is 22.9 Å². The van der Waals surface area contributed by atoms with Crippen molar-refractivity contribution in [1.82, 2.24) is 9.37 Å². The summed E-state index contributed by atoms with van der Waals surface area (Å²) in [5.74, 6) is -0.814. The average molecular weight is 420 g/mol. The Kier molecular flexibility index (Phi) is 7.49. The molecule has 0 bridgehead atoms. The maximum absolute atomic E-state index is 12.7. The summed E-state index contributed by atoms with van der Waals surface area (Å²) in [6.07, 6.45) is 0.766. The number of hydrogen-bond acceptors (Lipinski definition) is 5. The van der Waals surface area contributed by atoms with Crippen LogP contribution in [0.3, 0.4) is 0 Å². The molecule has 0 fully saturated rings. The molecule has 2 aromatic carbocycles. The second kappa shape index (κ2) is 9.64. The van der Waals surface area contributed by atoms with Gasteiger partial charge in [0.15, 0.2) is 0 Å². The molecule has 0 spiro atoms. The second-order valence-corrected chi connectivity index (χ2v) is 8.28. The number of para-hydroxylation sites is 1. The molecular weight excluding hydrogens is 394 g/mol. The van der Waals surface area contributed by atoms with Gasteiger partial charge < -0.3 is 10.2 Å². The van der Waals surface area contributed by atoms with E-state index in [0.717, 1.165) is 12.0 Å². The zero-order chi connectivity index (χ0) is 21.6. The van der Waals surface area contributed by atoms with E-state index in [4.69, 9.17) is 4.84 Å². The first-order chi connectivity index (χ1) is 13.7. The van der Waals surface area contributed by atoms with Crippen molar-refractivity contribution in [3.63, 3.8) is 0 Å². The Morgan fingerprint density at radius 3 is 2.41 bits per heavy atom. The van der Waals surface area contributed by atoms with Crippen LogP contribution >= 0.6 is 0 Å². The van der Waals surface area contributed by atoms with Gasteiger partial charge in [-0.25, -0.2) is 8.42 Å². The minimum absolute atomic E-state index is 0.0811. The zero-order valence-corrected chi connectivity index (χ0v) is 17.7. The molecule has 0 radical (unpaired) electrons. The van der Waals surface area contributed by atoms with Crippen LogP contribution in [-0.4, -0.2) is 57.4 Å². The third-order valence-corrected chi connectivity index (χ3v) is 6.05. The molecule has 0 aliphatic rings. The molecule has 2 aromatic rings. The summed E-state index contributed by atoms with van der Waals surface area (Å²) in [5.41, 5.74) is 1.85. The Morgan fingerprint density at radius 2 is 1.76 bits per heavy atom. The van der Waals surface area contributed by atoms with Crippen molar-refractivity contribution in [2.45, 2.75) is 18.2 Å². The van der Waals surface area contributed by atoms with Crippen LogP contribution in [0.15, 0.2) is 53.4 Å². The van der Waals surface area contributed by atoms with E-state index in [9.17, 15) is 18.0 Å². The van der Waals surface area contributed by atoms with Crippen molar-refractivity contribution in [3.8, 4) is 0 Å². The number of hydroxylamine groups is 1. The van der Waals surface area contributed by atoms with Crippen LogP contribution in [0.5, 0.6) is 0 Å². The Morgan fingerprint density at radius 1 is 1.07 bits per heavy atom. The van der Waals surface area contributed by atoms with Crippen LogP contribution in [0.1, 0.15) is 22.8 Å². The largest absolute Gasteiger partial charge is 0.332 e. The minimum atomic E-state index is -3.88. The van der Waals surface area contributed by atoms with Gasteiger partial charge in [0, 0.05) is 25.3 Å². The standard InChI is InChI=1S/C20H25N3O5S/c1-5-15-9-6-7-12-18(15)21-19(24)14-22(2)20(25)16-10-8-11-17(13-16)29(26,27)23(3)28-4/h6-13H,5,14H2,1-4H3,(H,21,24). The lowest BCUT2D eigenvalue weighted by atomic mass is 10.1. The first-order valence-electron chi connectivity index (χ1n) is 8.97. The number of rotatable bonds is 8. The van der Waals surface area contributed by atoms with E-state index in [2.05, 4.69) is 5.32 Å². The number of hydrogen-bond donors (Lipinski definition) is 1. The highest BCUT2D eigenvalue weighted by Crippen LogP contribution is 2.18. The van der Waals surface area contributed by atoms with Crippen LogP contribution in [0, 0.1) is 0 Å². The summed E-state index contributed by atoms with van der Waals surface area (Å²) in [7, 11) is 0.0912. The predicted molar refractivity (Wildman–Crippen MR) is 110 cm³/mol. The van der Waals surface area contributed by atoms with Crippen molar-refractivity contribution >= 4 is 27.5 Å². The molecule has 0 saturated carbocycles. The lowest BCUT2D eigenvalue weighted by Gasteiger charge is -2.19. The molecule has 8 nitrogen and oxygen atoms in total. The predicted octanol–water partition coefficient (Wildman–Crippen LogP) is 2.14. The van der Waals surface area contributed by atoms with E-state index >= 15 is 0 Å². The summed E-state index contributed by atoms with van der Waals surface area (Å²) >= 11 is 0. The molecule has 0 heterocycles. The first kappa shape index (κ1) is 22.5. The first-order valence-corrected chi connectivity index (χ1v) is 10.4. The summed E-state index contributed by atoms with van der Waals surface area (Å²) in [4.78, 5) is 30.9. The molecule has 156 valence electrons. The second-order valence-electron chi connectivity index (χ2n) is 6.35. The number of sulfonamides is 1. The van der Waals surface area contributed by atoms with Crippen LogP contribution < -0.4 is 5.32 Å². The Hall–Kier alpha value is -2.75. The fourth-order valence-corrected chi connectivity index (χ4v) is 3.70. The lowest BCUT2D eigenvalue weighted by Crippen LogP contribution is -2.35. The molecule has 2 rings (SSSR count). The molecule has 0 saturated heterocycles. The highest BCUT2D eigenvalue weighted by molar-refractivity contribution is 7.89. The molecule has 0 aliphatic carbocycles. The topological polar surface area (TPSA) is 96.0 Å². The molecule has 0 aliphatic heterocycles. The van der Waals surface area contributed by atoms with E-state index < -0.39 is 15.9 Å². The van der Waals surface area contributed by atoms with E-state index in [1.54, 1.807) is 6.07 Å². The molecular formula is C20H25N3O5S. The van der Waals surface area contributed by atoms with Gasteiger partial charge in [-0.3, -0.25) is 14.4 Å². The fraction of sp³-hybridized carbons (Fsp3) is 0.300. The molecule has 0 unspecified atom stereocenters. The summed E-state index contributed by atoms with van der Waals surface area (Å²) < 4.78 is 25.4. The van der Waals surface area contributed by atoms with E-state index in [0.29, 0.717) is 10.2 Å². The van der Waals surface area contributed by atoms with Gasteiger partial charge in [0.05, 0.1) is 18.6 Å². The Labute approximate surface area is 171 Å². The van der Waals surface area contributed by atoms with E-state index in [1.165, 1.54) is 50.4 Å². The summed E-state index contributed by atoms with van der Waals surface area (Å²) in [6.45, 7) is 1.81. The van der Waals surface area contributed by atoms with E-state index in [1.807, 2.05) is 25.1 Å².